The Hall–Kier alpha value is -2.41. The number of aromatic amines is 1. The predicted octanol–water partition coefficient (Wildman–Crippen LogP) is 5.00. The van der Waals surface area contributed by atoms with Crippen molar-refractivity contribution in [2.24, 2.45) is 0 Å². The largest absolute Gasteiger partial charge is 0.361 e. The molecule has 0 saturated heterocycles. The van der Waals surface area contributed by atoms with Crippen molar-refractivity contribution < 1.29 is 8.42 Å². The van der Waals surface area contributed by atoms with Crippen LogP contribution < -0.4 is 4.72 Å². The molecule has 136 valence electrons. The lowest BCUT2D eigenvalue weighted by molar-refractivity contribution is 0.572. The van der Waals surface area contributed by atoms with Crippen molar-refractivity contribution in [2.45, 2.75) is 10.9 Å². The minimum atomic E-state index is -3.70. The Morgan fingerprint density at radius 2 is 1.52 bits per heavy atom. The molecular formula is C21H17BrN2O2S. The molecule has 4 nitrogen and oxygen atoms in total. The lowest BCUT2D eigenvalue weighted by atomic mass is 9.99. The van der Waals surface area contributed by atoms with Gasteiger partial charge in [0.05, 0.1) is 10.9 Å². The van der Waals surface area contributed by atoms with Crippen LogP contribution in [-0.2, 0) is 10.0 Å². The molecule has 0 saturated carbocycles. The van der Waals surface area contributed by atoms with Gasteiger partial charge in [-0.05, 0) is 41.5 Å². The molecular weight excluding hydrogens is 424 g/mol. The molecule has 0 bridgehead atoms. The molecule has 0 aliphatic heterocycles. The van der Waals surface area contributed by atoms with E-state index in [0.717, 1.165) is 26.5 Å². The van der Waals surface area contributed by atoms with Crippen LogP contribution in [-0.4, -0.2) is 13.4 Å². The highest BCUT2D eigenvalue weighted by atomic mass is 79.9. The van der Waals surface area contributed by atoms with Crippen LogP contribution in [0.1, 0.15) is 17.2 Å². The van der Waals surface area contributed by atoms with Crippen LogP contribution in [0.2, 0.25) is 0 Å². The van der Waals surface area contributed by atoms with Gasteiger partial charge in [0.1, 0.15) is 0 Å². The Labute approximate surface area is 166 Å². The van der Waals surface area contributed by atoms with Gasteiger partial charge in [0, 0.05) is 21.6 Å². The van der Waals surface area contributed by atoms with Crippen LogP contribution in [0.4, 0.5) is 0 Å². The van der Waals surface area contributed by atoms with Crippen LogP contribution in [0.3, 0.4) is 0 Å². The van der Waals surface area contributed by atoms with Crippen molar-refractivity contribution in [2.75, 3.05) is 0 Å². The minimum absolute atomic E-state index is 0.228. The van der Waals surface area contributed by atoms with Crippen LogP contribution in [0.5, 0.6) is 0 Å². The van der Waals surface area contributed by atoms with E-state index in [1.807, 2.05) is 60.8 Å². The average molecular weight is 441 g/mol. The van der Waals surface area contributed by atoms with Gasteiger partial charge in [0.25, 0.3) is 0 Å². The fourth-order valence-electron chi connectivity index (χ4n) is 3.13. The van der Waals surface area contributed by atoms with E-state index < -0.39 is 16.1 Å². The van der Waals surface area contributed by atoms with Gasteiger partial charge in [-0.1, -0.05) is 64.5 Å². The Kier molecular flexibility index (Phi) is 4.86. The maximum absolute atomic E-state index is 13.0. The third-order valence-corrected chi connectivity index (χ3v) is 6.43. The number of nitrogens with one attached hydrogen (secondary N) is 2. The second-order valence-electron chi connectivity index (χ2n) is 6.21. The minimum Gasteiger partial charge on any atom is -0.361 e. The van der Waals surface area contributed by atoms with E-state index in [0.29, 0.717) is 0 Å². The van der Waals surface area contributed by atoms with Gasteiger partial charge in [0.2, 0.25) is 10.0 Å². The van der Waals surface area contributed by atoms with E-state index in [1.165, 1.54) is 0 Å². The highest BCUT2D eigenvalue weighted by Gasteiger charge is 2.24. The Bertz CT molecular complexity index is 1170. The zero-order valence-electron chi connectivity index (χ0n) is 14.3. The highest BCUT2D eigenvalue weighted by Crippen LogP contribution is 2.30. The quantitative estimate of drug-likeness (QED) is 0.458. The van der Waals surface area contributed by atoms with Gasteiger partial charge in [-0.25, -0.2) is 8.42 Å². The summed E-state index contributed by atoms with van der Waals surface area (Å²) in [7, 11) is -3.70. The third-order valence-electron chi connectivity index (χ3n) is 4.46. The summed E-state index contributed by atoms with van der Waals surface area (Å²) in [4.78, 5) is 3.46. The maximum atomic E-state index is 13.0. The van der Waals surface area contributed by atoms with E-state index in [9.17, 15) is 8.42 Å². The molecule has 0 amide bonds. The first kappa shape index (κ1) is 18.0. The second-order valence-corrected chi connectivity index (χ2v) is 8.84. The molecule has 4 aromatic rings. The number of halogens is 1. The molecule has 3 aromatic carbocycles. The van der Waals surface area contributed by atoms with E-state index in [1.54, 1.807) is 24.3 Å². The monoisotopic (exact) mass is 440 g/mol. The van der Waals surface area contributed by atoms with Crippen molar-refractivity contribution in [3.8, 4) is 0 Å². The summed E-state index contributed by atoms with van der Waals surface area (Å²) in [6, 6.07) is 23.6. The Morgan fingerprint density at radius 1 is 0.852 bits per heavy atom. The number of benzene rings is 3. The van der Waals surface area contributed by atoms with Crippen molar-refractivity contribution in [3.05, 3.63) is 101 Å². The standard InChI is InChI=1S/C21H17BrN2O2S/c22-16-10-12-17(13-11-16)27(25,26)24-21(15-6-2-1-3-7-15)19-14-23-20-9-5-4-8-18(19)20/h1-14,21,23-24H/t21-/m1/s1. The van der Waals surface area contributed by atoms with Gasteiger partial charge < -0.3 is 4.98 Å². The summed E-state index contributed by atoms with van der Waals surface area (Å²) < 4.78 is 29.8. The summed E-state index contributed by atoms with van der Waals surface area (Å²) in [6.07, 6.45) is 1.87. The van der Waals surface area contributed by atoms with Crippen molar-refractivity contribution >= 4 is 36.9 Å². The summed E-state index contributed by atoms with van der Waals surface area (Å²) >= 11 is 3.34. The second kappa shape index (κ2) is 7.31. The molecule has 0 unspecified atom stereocenters. The van der Waals surface area contributed by atoms with Gasteiger partial charge >= 0.3 is 0 Å². The number of aromatic nitrogens is 1. The molecule has 0 aliphatic carbocycles. The summed E-state index contributed by atoms with van der Waals surface area (Å²) in [6.45, 7) is 0. The maximum Gasteiger partial charge on any atom is 0.241 e. The van der Waals surface area contributed by atoms with Crippen molar-refractivity contribution in [1.29, 1.82) is 0 Å². The molecule has 1 aromatic heterocycles. The number of rotatable bonds is 5. The van der Waals surface area contributed by atoms with Crippen molar-refractivity contribution in [1.82, 2.24) is 9.71 Å². The number of para-hydroxylation sites is 1. The van der Waals surface area contributed by atoms with Crippen molar-refractivity contribution in [3.63, 3.8) is 0 Å². The number of H-pyrrole nitrogens is 1. The van der Waals surface area contributed by atoms with Crippen LogP contribution in [0.25, 0.3) is 10.9 Å². The van der Waals surface area contributed by atoms with E-state index >= 15 is 0 Å². The number of hydrogen-bond donors (Lipinski definition) is 2. The summed E-state index contributed by atoms with van der Waals surface area (Å²) in [5.74, 6) is 0. The number of fused-ring (bicyclic) bond motifs is 1. The summed E-state index contributed by atoms with van der Waals surface area (Å²) in [5, 5.41) is 0.991. The van der Waals surface area contributed by atoms with Crippen LogP contribution in [0.15, 0.2) is 94.4 Å². The Balaban J connectivity index is 1.81. The van der Waals surface area contributed by atoms with Crippen LogP contribution in [0, 0.1) is 0 Å². The van der Waals surface area contributed by atoms with Gasteiger partial charge in [0.15, 0.2) is 0 Å². The third kappa shape index (κ3) is 3.69. The van der Waals surface area contributed by atoms with E-state index in [-0.39, 0.29) is 4.90 Å². The first-order chi connectivity index (χ1) is 13.0. The molecule has 0 fully saturated rings. The van der Waals surface area contributed by atoms with Gasteiger partial charge in [-0.15, -0.1) is 0 Å². The normalized spacial score (nSPS) is 12.9. The molecule has 0 aliphatic rings. The SMILES string of the molecule is O=S(=O)(N[C@H](c1ccccc1)c1c[nH]c2ccccc12)c1ccc(Br)cc1. The zero-order valence-corrected chi connectivity index (χ0v) is 16.7. The van der Waals surface area contributed by atoms with E-state index in [2.05, 4.69) is 25.6 Å². The molecule has 2 N–H and O–H groups in total. The Morgan fingerprint density at radius 3 is 2.26 bits per heavy atom. The predicted molar refractivity (Wildman–Crippen MR) is 111 cm³/mol. The number of sulfonamides is 1. The lowest BCUT2D eigenvalue weighted by Crippen LogP contribution is -2.29. The highest BCUT2D eigenvalue weighted by molar-refractivity contribution is 9.10. The first-order valence-electron chi connectivity index (χ1n) is 8.43. The van der Waals surface area contributed by atoms with Gasteiger partial charge in [-0.3, -0.25) is 0 Å². The molecule has 6 heteroatoms. The zero-order chi connectivity index (χ0) is 18.9. The van der Waals surface area contributed by atoms with E-state index in [4.69, 9.17) is 0 Å². The molecule has 0 radical (unpaired) electrons. The molecule has 27 heavy (non-hydrogen) atoms. The topological polar surface area (TPSA) is 62.0 Å². The summed E-state index contributed by atoms with van der Waals surface area (Å²) in [5.41, 5.74) is 2.73. The fraction of sp³-hybridized carbons (Fsp3) is 0.0476. The van der Waals surface area contributed by atoms with Gasteiger partial charge in [-0.2, -0.15) is 4.72 Å². The van der Waals surface area contributed by atoms with Crippen LogP contribution >= 0.6 is 15.9 Å². The lowest BCUT2D eigenvalue weighted by Gasteiger charge is -2.19. The fourth-order valence-corrected chi connectivity index (χ4v) is 4.59. The molecule has 4 rings (SSSR count). The average Bonchev–Trinajstić information content (AvgIpc) is 3.11. The smallest absolute Gasteiger partial charge is 0.241 e. The number of hydrogen-bond acceptors (Lipinski definition) is 2. The first-order valence-corrected chi connectivity index (χ1v) is 10.7. The molecule has 0 spiro atoms. The molecule has 1 heterocycles. The molecule has 1 atom stereocenters.